The van der Waals surface area contributed by atoms with Gasteiger partial charge in [-0.05, 0) is 6.42 Å². The molecular formula is C11H20N4O5. The molecule has 114 valence electrons. The van der Waals surface area contributed by atoms with E-state index in [2.05, 4.69) is 5.32 Å². The van der Waals surface area contributed by atoms with Gasteiger partial charge in [0.15, 0.2) is 0 Å². The third kappa shape index (κ3) is 7.19. The quantitative estimate of drug-likeness (QED) is 0.496. The minimum atomic E-state index is -1.27. The lowest BCUT2D eigenvalue weighted by Crippen LogP contribution is -2.49. The van der Waals surface area contributed by atoms with Crippen LogP contribution in [-0.4, -0.2) is 71.9 Å². The van der Waals surface area contributed by atoms with E-state index in [4.69, 9.17) is 10.8 Å². The SMILES string of the molecule is CCCNC(=O)CN(C)C(=O)N(CC(N)=O)CC(=O)O. The molecule has 0 bridgehead atoms. The van der Waals surface area contributed by atoms with E-state index in [-0.39, 0.29) is 12.5 Å². The number of urea groups is 1. The van der Waals surface area contributed by atoms with E-state index < -0.39 is 31.0 Å². The first-order valence-electron chi connectivity index (χ1n) is 6.04. The lowest BCUT2D eigenvalue weighted by molar-refractivity contribution is -0.138. The van der Waals surface area contributed by atoms with Crippen LogP contribution in [0.5, 0.6) is 0 Å². The number of carboxylic acids is 1. The van der Waals surface area contributed by atoms with Gasteiger partial charge in [0.05, 0.1) is 0 Å². The Hall–Kier alpha value is -2.32. The van der Waals surface area contributed by atoms with Crippen LogP contribution in [0.3, 0.4) is 0 Å². The third-order valence-electron chi connectivity index (χ3n) is 2.22. The summed E-state index contributed by atoms with van der Waals surface area (Å²) in [5.74, 6) is -2.47. The van der Waals surface area contributed by atoms with Gasteiger partial charge in [0, 0.05) is 13.6 Å². The molecule has 0 aromatic heterocycles. The molecule has 0 aromatic rings. The van der Waals surface area contributed by atoms with Crippen LogP contribution < -0.4 is 11.1 Å². The summed E-state index contributed by atoms with van der Waals surface area (Å²) in [5, 5.41) is 11.3. The predicted octanol–water partition coefficient (Wildman–Crippen LogP) is -1.56. The Morgan fingerprint density at radius 3 is 2.20 bits per heavy atom. The molecule has 0 fully saturated rings. The number of likely N-dealkylation sites (N-methyl/N-ethyl adjacent to an activating group) is 1. The first kappa shape index (κ1) is 17.7. The Kier molecular flexibility index (Phi) is 7.71. The predicted molar refractivity (Wildman–Crippen MR) is 69.7 cm³/mol. The molecule has 0 aliphatic rings. The molecule has 0 saturated heterocycles. The fraction of sp³-hybridized carbons (Fsp3) is 0.636. The van der Waals surface area contributed by atoms with E-state index in [1.807, 2.05) is 6.92 Å². The second-order valence-corrected chi connectivity index (χ2v) is 4.20. The number of hydrogen-bond acceptors (Lipinski definition) is 4. The summed E-state index contributed by atoms with van der Waals surface area (Å²) in [7, 11) is 1.34. The summed E-state index contributed by atoms with van der Waals surface area (Å²) in [6.45, 7) is 0.958. The highest BCUT2D eigenvalue weighted by molar-refractivity contribution is 5.88. The third-order valence-corrected chi connectivity index (χ3v) is 2.22. The molecule has 0 spiro atoms. The van der Waals surface area contributed by atoms with Crippen molar-refractivity contribution >= 4 is 23.8 Å². The first-order valence-corrected chi connectivity index (χ1v) is 6.04. The Balaban J connectivity index is 4.57. The van der Waals surface area contributed by atoms with Gasteiger partial charge in [0.2, 0.25) is 11.8 Å². The molecule has 0 aliphatic heterocycles. The molecule has 0 aliphatic carbocycles. The topological polar surface area (TPSA) is 133 Å². The van der Waals surface area contributed by atoms with Crippen molar-refractivity contribution in [2.45, 2.75) is 13.3 Å². The van der Waals surface area contributed by atoms with Crippen LogP contribution in [0, 0.1) is 0 Å². The van der Waals surface area contributed by atoms with Crippen molar-refractivity contribution < 1.29 is 24.3 Å². The normalized spacial score (nSPS) is 9.70. The standard InChI is InChI=1S/C11H20N4O5/c1-3-4-13-9(17)6-14(2)11(20)15(5-8(12)16)7-10(18)19/h3-7H2,1-2H3,(H2,12,16)(H,13,17)(H,18,19). The monoisotopic (exact) mass is 288 g/mol. The van der Waals surface area contributed by atoms with Crippen LogP contribution in [0.1, 0.15) is 13.3 Å². The molecule has 0 saturated carbocycles. The summed E-state index contributed by atoms with van der Waals surface area (Å²) in [4.78, 5) is 46.6. The van der Waals surface area contributed by atoms with Gasteiger partial charge >= 0.3 is 12.0 Å². The number of rotatable bonds is 8. The van der Waals surface area contributed by atoms with Gasteiger partial charge in [0.25, 0.3) is 0 Å². The van der Waals surface area contributed by atoms with Gasteiger partial charge in [-0.3, -0.25) is 14.4 Å². The Labute approximate surface area is 116 Å². The molecular weight excluding hydrogens is 268 g/mol. The van der Waals surface area contributed by atoms with E-state index in [0.29, 0.717) is 6.54 Å². The second-order valence-electron chi connectivity index (χ2n) is 4.20. The van der Waals surface area contributed by atoms with Gasteiger partial charge in [-0.25, -0.2) is 4.79 Å². The number of nitrogens with two attached hydrogens (primary N) is 1. The van der Waals surface area contributed by atoms with Gasteiger partial charge in [-0.1, -0.05) is 6.92 Å². The van der Waals surface area contributed by atoms with Crippen LogP contribution >= 0.6 is 0 Å². The first-order chi connectivity index (χ1) is 9.27. The zero-order chi connectivity index (χ0) is 15.7. The number of nitrogens with one attached hydrogen (secondary N) is 1. The van der Waals surface area contributed by atoms with Crippen LogP contribution in [0.4, 0.5) is 4.79 Å². The maximum atomic E-state index is 11.9. The maximum absolute atomic E-state index is 11.9. The number of nitrogens with zero attached hydrogens (tertiary/aromatic N) is 2. The van der Waals surface area contributed by atoms with Crippen molar-refractivity contribution in [2.75, 3.05) is 33.2 Å². The lowest BCUT2D eigenvalue weighted by Gasteiger charge is -2.25. The number of carboxylic acid groups (broad SMARTS) is 1. The molecule has 0 rings (SSSR count). The van der Waals surface area contributed by atoms with E-state index in [1.54, 1.807) is 0 Å². The number of carbonyl (C=O) groups excluding carboxylic acids is 3. The van der Waals surface area contributed by atoms with E-state index in [9.17, 15) is 19.2 Å². The van der Waals surface area contributed by atoms with Crippen LogP contribution in [0.25, 0.3) is 0 Å². The van der Waals surface area contributed by atoms with Crippen LogP contribution in [-0.2, 0) is 14.4 Å². The van der Waals surface area contributed by atoms with E-state index in [1.165, 1.54) is 7.05 Å². The average Bonchev–Trinajstić information content (AvgIpc) is 2.33. The highest BCUT2D eigenvalue weighted by Gasteiger charge is 2.23. The minimum absolute atomic E-state index is 0.228. The lowest BCUT2D eigenvalue weighted by atomic mass is 10.4. The van der Waals surface area contributed by atoms with Crippen molar-refractivity contribution in [3.05, 3.63) is 0 Å². The largest absolute Gasteiger partial charge is 0.480 e. The zero-order valence-corrected chi connectivity index (χ0v) is 11.6. The van der Waals surface area contributed by atoms with Crippen molar-refractivity contribution in [2.24, 2.45) is 5.73 Å². The highest BCUT2D eigenvalue weighted by Crippen LogP contribution is 1.97. The van der Waals surface area contributed by atoms with E-state index >= 15 is 0 Å². The van der Waals surface area contributed by atoms with Crippen molar-refractivity contribution in [1.82, 2.24) is 15.1 Å². The molecule has 0 aromatic carbocycles. The summed E-state index contributed by atoms with van der Waals surface area (Å²) in [6.07, 6.45) is 0.760. The van der Waals surface area contributed by atoms with Gasteiger partial charge < -0.3 is 26.0 Å². The molecule has 4 N–H and O–H groups in total. The van der Waals surface area contributed by atoms with Crippen LogP contribution in [0.2, 0.25) is 0 Å². The van der Waals surface area contributed by atoms with Gasteiger partial charge in [-0.2, -0.15) is 0 Å². The number of hydrogen-bond donors (Lipinski definition) is 3. The molecule has 0 atom stereocenters. The van der Waals surface area contributed by atoms with Crippen LogP contribution in [0.15, 0.2) is 0 Å². The fourth-order valence-corrected chi connectivity index (χ4v) is 1.39. The summed E-state index contributed by atoms with van der Waals surface area (Å²) < 4.78 is 0. The highest BCUT2D eigenvalue weighted by atomic mass is 16.4. The molecule has 0 heterocycles. The maximum Gasteiger partial charge on any atom is 0.323 e. The van der Waals surface area contributed by atoms with Crippen molar-refractivity contribution in [3.63, 3.8) is 0 Å². The molecule has 9 nitrogen and oxygen atoms in total. The Morgan fingerprint density at radius 2 is 1.75 bits per heavy atom. The summed E-state index contributed by atoms with van der Waals surface area (Å²) in [5.41, 5.74) is 4.95. The number of amides is 4. The van der Waals surface area contributed by atoms with E-state index in [0.717, 1.165) is 16.2 Å². The van der Waals surface area contributed by atoms with Crippen molar-refractivity contribution in [3.8, 4) is 0 Å². The smallest absolute Gasteiger partial charge is 0.323 e. The number of aliphatic carboxylic acids is 1. The minimum Gasteiger partial charge on any atom is -0.480 e. The molecule has 9 heteroatoms. The number of primary amides is 1. The molecule has 0 radical (unpaired) electrons. The average molecular weight is 288 g/mol. The Bertz CT molecular complexity index is 369. The Morgan fingerprint density at radius 1 is 1.15 bits per heavy atom. The van der Waals surface area contributed by atoms with Gasteiger partial charge in [-0.15, -0.1) is 0 Å². The fourth-order valence-electron chi connectivity index (χ4n) is 1.39. The molecule has 4 amide bonds. The number of carbonyl (C=O) groups is 4. The zero-order valence-electron chi connectivity index (χ0n) is 11.6. The molecule has 20 heavy (non-hydrogen) atoms. The summed E-state index contributed by atoms with van der Waals surface area (Å²) >= 11 is 0. The summed E-state index contributed by atoms with van der Waals surface area (Å²) in [6, 6.07) is -0.752. The van der Waals surface area contributed by atoms with Gasteiger partial charge in [0.1, 0.15) is 19.6 Å². The second kappa shape index (κ2) is 8.73. The van der Waals surface area contributed by atoms with Crippen molar-refractivity contribution in [1.29, 1.82) is 0 Å². The molecule has 0 unspecified atom stereocenters.